The number of nitrogens with one attached hydrogen (secondary N) is 2. The molecule has 0 bridgehead atoms. The van der Waals surface area contributed by atoms with E-state index in [1.165, 1.54) is 36.4 Å². The number of hydrogen-bond acceptors (Lipinski definition) is 4. The molecule has 2 amide bonds. The summed E-state index contributed by atoms with van der Waals surface area (Å²) in [5, 5.41) is 15.0. The number of carbonyl (C=O) groups is 2. The molecule has 2 aliphatic rings. The van der Waals surface area contributed by atoms with Gasteiger partial charge in [-0.25, -0.2) is 13.2 Å². The second kappa shape index (κ2) is 9.85. The Balaban J connectivity index is 1.30. The van der Waals surface area contributed by atoms with Crippen LogP contribution in [0.1, 0.15) is 46.7 Å². The molecule has 1 aliphatic carbocycles. The van der Waals surface area contributed by atoms with Crippen molar-refractivity contribution in [3.63, 3.8) is 0 Å². The maximum atomic E-state index is 13.3. The van der Waals surface area contributed by atoms with Crippen LogP contribution in [0, 0.1) is 17.1 Å². The average Bonchev–Trinajstić information content (AvgIpc) is 3.59. The molecule has 3 atom stereocenters. The first-order chi connectivity index (χ1) is 16.3. The summed E-state index contributed by atoms with van der Waals surface area (Å²) in [6.07, 6.45) is 1.79. The van der Waals surface area contributed by atoms with Gasteiger partial charge >= 0.3 is 0 Å². The summed E-state index contributed by atoms with van der Waals surface area (Å²) in [6.45, 7) is -0.696. The molecule has 1 heterocycles. The molecule has 1 saturated carbocycles. The van der Waals surface area contributed by atoms with E-state index in [2.05, 4.69) is 10.6 Å². The Bertz CT molecular complexity index is 1070. The molecule has 178 valence electrons. The van der Waals surface area contributed by atoms with Gasteiger partial charge in [0.2, 0.25) is 5.91 Å². The van der Waals surface area contributed by atoms with Crippen LogP contribution in [0.4, 0.5) is 13.2 Å². The largest absolute Gasteiger partial charge is 0.340 e. The highest BCUT2D eigenvalue weighted by Crippen LogP contribution is 2.40. The van der Waals surface area contributed by atoms with Crippen molar-refractivity contribution in [3.05, 3.63) is 71.0 Å². The van der Waals surface area contributed by atoms with Crippen molar-refractivity contribution in [2.75, 3.05) is 19.6 Å². The summed E-state index contributed by atoms with van der Waals surface area (Å²) in [6, 6.07) is 13.7. The number of nitrogens with zero attached hydrogens (tertiary/aromatic N) is 2. The number of rotatable bonds is 9. The summed E-state index contributed by atoms with van der Waals surface area (Å²) in [5.41, 5.74) is 1.75. The maximum absolute atomic E-state index is 13.3. The molecular weight excluding hydrogens is 445 g/mol. The molecule has 1 unspecified atom stereocenters. The van der Waals surface area contributed by atoms with Crippen molar-refractivity contribution in [1.29, 1.82) is 5.26 Å². The molecule has 1 aliphatic heterocycles. The predicted octanol–water partition coefficient (Wildman–Crippen LogP) is 3.20. The fourth-order valence-corrected chi connectivity index (χ4v) is 4.18. The molecule has 0 aromatic heterocycles. The second-order valence-corrected chi connectivity index (χ2v) is 8.86. The Kier molecular flexibility index (Phi) is 6.89. The number of halogens is 3. The molecule has 0 radical (unpaired) electrons. The van der Waals surface area contributed by atoms with Gasteiger partial charge in [0, 0.05) is 17.5 Å². The van der Waals surface area contributed by atoms with Gasteiger partial charge in [-0.3, -0.25) is 9.59 Å². The van der Waals surface area contributed by atoms with Crippen molar-refractivity contribution in [2.45, 2.75) is 43.2 Å². The van der Waals surface area contributed by atoms with Crippen molar-refractivity contribution in [3.8, 4) is 6.07 Å². The number of carbonyl (C=O) groups excluding carboxylic acids is 2. The highest BCUT2D eigenvalue weighted by atomic mass is 19.3. The smallest absolute Gasteiger partial charge is 0.282 e. The molecule has 2 aromatic carbocycles. The van der Waals surface area contributed by atoms with E-state index in [1.807, 2.05) is 6.07 Å². The van der Waals surface area contributed by atoms with Crippen LogP contribution in [0.3, 0.4) is 0 Å². The number of amides is 2. The molecule has 2 fully saturated rings. The third-order valence-electron chi connectivity index (χ3n) is 6.20. The first-order valence-electron chi connectivity index (χ1n) is 11.2. The first-order valence-corrected chi connectivity index (χ1v) is 11.2. The molecule has 0 spiro atoms. The maximum Gasteiger partial charge on any atom is 0.282 e. The quantitative estimate of drug-likeness (QED) is 0.552. The Hall–Kier alpha value is -3.38. The van der Waals surface area contributed by atoms with Crippen LogP contribution in [0.5, 0.6) is 0 Å². The van der Waals surface area contributed by atoms with Crippen LogP contribution >= 0.6 is 0 Å². The second-order valence-electron chi connectivity index (χ2n) is 8.86. The van der Waals surface area contributed by atoms with Crippen LogP contribution in [-0.4, -0.2) is 54.4 Å². The number of alkyl halides is 2. The lowest BCUT2D eigenvalue weighted by molar-refractivity contribution is -0.167. The van der Waals surface area contributed by atoms with Gasteiger partial charge in [-0.05, 0) is 67.8 Å². The molecule has 2 aromatic rings. The zero-order chi connectivity index (χ0) is 24.3. The Labute approximate surface area is 195 Å². The van der Waals surface area contributed by atoms with Gasteiger partial charge in [0.1, 0.15) is 11.9 Å². The normalized spacial score (nSPS) is 21.2. The van der Waals surface area contributed by atoms with Crippen molar-refractivity contribution in [1.82, 2.24) is 15.5 Å². The minimum atomic E-state index is -2.89. The number of benzene rings is 2. The Morgan fingerprint density at radius 3 is 2.41 bits per heavy atom. The zero-order valence-corrected chi connectivity index (χ0v) is 18.4. The van der Waals surface area contributed by atoms with E-state index in [-0.39, 0.29) is 17.4 Å². The van der Waals surface area contributed by atoms with Gasteiger partial charge in [-0.2, -0.15) is 5.26 Å². The molecule has 4 rings (SSSR count). The van der Waals surface area contributed by atoms with E-state index >= 15 is 0 Å². The van der Waals surface area contributed by atoms with E-state index in [1.54, 1.807) is 12.1 Å². The molecule has 9 heteroatoms. The molecule has 34 heavy (non-hydrogen) atoms. The number of nitriles is 1. The molecule has 1 saturated heterocycles. The highest BCUT2D eigenvalue weighted by Gasteiger charge is 2.47. The van der Waals surface area contributed by atoms with Crippen molar-refractivity contribution in [2.24, 2.45) is 0 Å². The van der Waals surface area contributed by atoms with Crippen LogP contribution in [-0.2, 0) is 4.79 Å². The van der Waals surface area contributed by atoms with Crippen molar-refractivity contribution >= 4 is 11.8 Å². The molecule has 6 nitrogen and oxygen atoms in total. The van der Waals surface area contributed by atoms with Gasteiger partial charge < -0.3 is 15.5 Å². The topological polar surface area (TPSA) is 85.2 Å². The van der Waals surface area contributed by atoms with E-state index in [4.69, 9.17) is 5.26 Å². The fraction of sp³-hybridized carbons (Fsp3) is 0.400. The third kappa shape index (κ3) is 5.75. The minimum absolute atomic E-state index is 0.266. The average molecular weight is 470 g/mol. The van der Waals surface area contributed by atoms with Gasteiger partial charge in [-0.15, -0.1) is 0 Å². The van der Waals surface area contributed by atoms with E-state index in [9.17, 15) is 22.8 Å². The number of likely N-dealkylation sites (tertiary alicyclic amines) is 1. The first kappa shape index (κ1) is 23.8. The molecular formula is C25H25F3N4O2. The van der Waals surface area contributed by atoms with Gasteiger partial charge in [0.15, 0.2) is 0 Å². The monoisotopic (exact) mass is 470 g/mol. The Morgan fingerprint density at radius 2 is 1.79 bits per heavy atom. The van der Waals surface area contributed by atoms with E-state index < -0.39 is 36.9 Å². The summed E-state index contributed by atoms with van der Waals surface area (Å²) in [4.78, 5) is 26.5. The van der Waals surface area contributed by atoms with Crippen molar-refractivity contribution < 1.29 is 22.8 Å². The lowest BCUT2D eigenvalue weighted by Crippen LogP contribution is -2.62. The summed E-state index contributed by atoms with van der Waals surface area (Å²) in [7, 11) is 0. The Morgan fingerprint density at radius 1 is 1.12 bits per heavy atom. The third-order valence-corrected chi connectivity index (χ3v) is 6.20. The van der Waals surface area contributed by atoms with Crippen LogP contribution < -0.4 is 10.6 Å². The van der Waals surface area contributed by atoms with Crippen LogP contribution in [0.25, 0.3) is 0 Å². The molecule has 2 N–H and O–H groups in total. The lowest BCUT2D eigenvalue weighted by Gasteiger charge is -2.40. The number of hydrogen-bond donors (Lipinski definition) is 2. The van der Waals surface area contributed by atoms with Gasteiger partial charge in [0.05, 0.1) is 24.7 Å². The van der Waals surface area contributed by atoms with Crippen LogP contribution in [0.2, 0.25) is 0 Å². The zero-order valence-electron chi connectivity index (χ0n) is 18.4. The summed E-state index contributed by atoms with van der Waals surface area (Å²) < 4.78 is 39.6. The summed E-state index contributed by atoms with van der Waals surface area (Å²) >= 11 is 0. The van der Waals surface area contributed by atoms with Crippen LogP contribution in [0.15, 0.2) is 48.5 Å². The highest BCUT2D eigenvalue weighted by molar-refractivity contribution is 5.97. The van der Waals surface area contributed by atoms with Gasteiger partial charge in [0.25, 0.3) is 11.8 Å². The predicted molar refractivity (Wildman–Crippen MR) is 119 cm³/mol. The minimum Gasteiger partial charge on any atom is -0.340 e. The summed E-state index contributed by atoms with van der Waals surface area (Å²) in [5.74, 6) is -3.87. The van der Waals surface area contributed by atoms with E-state index in [0.29, 0.717) is 30.9 Å². The standard InChI is InChI=1S/C25H25F3N4O2/c26-19-9-7-17(8-10-19)20-12-22(20)30-11-1-2-21(24(34)32-14-25(27,28)15-32)31-23(33)18-5-3-16(13-29)4-6-18/h3-10,20-22,30H,1-2,11-12,14-15H2,(H,31,33)/t20-,21?,22+/m0/s1. The van der Waals surface area contributed by atoms with E-state index in [0.717, 1.165) is 16.9 Å². The lowest BCUT2D eigenvalue weighted by atomic mass is 10.0. The van der Waals surface area contributed by atoms with Gasteiger partial charge in [-0.1, -0.05) is 12.1 Å². The SMILES string of the molecule is N#Cc1ccc(C(=O)NC(CCCN[C@@H]2C[C@H]2c2ccc(F)cc2)C(=O)N2CC(F)(F)C2)cc1. The fourth-order valence-electron chi connectivity index (χ4n) is 4.18.